The summed E-state index contributed by atoms with van der Waals surface area (Å²) >= 11 is 0. The van der Waals surface area contributed by atoms with Crippen LogP contribution in [0.4, 0.5) is 0 Å². The monoisotopic (exact) mass is 386 g/mol. The SMILES string of the molecule is C=Cc1ccc(COCCCCCCCCCCCCCCCCCC)cc1. The van der Waals surface area contributed by atoms with Crippen molar-refractivity contribution in [3.63, 3.8) is 0 Å². The second kappa shape index (κ2) is 19.2. The summed E-state index contributed by atoms with van der Waals surface area (Å²) in [6.45, 7) is 7.70. The minimum absolute atomic E-state index is 0.732. The van der Waals surface area contributed by atoms with Crippen molar-refractivity contribution in [3.8, 4) is 0 Å². The molecule has 0 N–H and O–H groups in total. The van der Waals surface area contributed by atoms with Crippen molar-refractivity contribution < 1.29 is 4.74 Å². The Morgan fingerprint density at radius 1 is 0.643 bits per heavy atom. The lowest BCUT2D eigenvalue weighted by Crippen LogP contribution is -1.95. The Bertz CT molecular complexity index is 448. The largest absolute Gasteiger partial charge is 0.377 e. The lowest BCUT2D eigenvalue weighted by Gasteiger charge is -2.05. The zero-order valence-corrected chi connectivity index (χ0v) is 18.7. The summed E-state index contributed by atoms with van der Waals surface area (Å²) < 4.78 is 5.79. The molecule has 0 spiro atoms. The summed E-state index contributed by atoms with van der Waals surface area (Å²) in [5, 5.41) is 0. The van der Waals surface area contributed by atoms with Gasteiger partial charge in [-0.1, -0.05) is 140 Å². The third-order valence-electron chi connectivity index (χ3n) is 5.63. The molecule has 0 fully saturated rings. The molecule has 0 heterocycles. The quantitative estimate of drug-likeness (QED) is 0.203. The molecular formula is C27H46O. The number of rotatable bonds is 20. The van der Waals surface area contributed by atoms with Gasteiger partial charge in [-0.05, 0) is 17.5 Å². The van der Waals surface area contributed by atoms with Crippen LogP contribution in [0.25, 0.3) is 6.08 Å². The van der Waals surface area contributed by atoms with E-state index in [1.165, 1.54) is 114 Å². The van der Waals surface area contributed by atoms with Crippen LogP contribution in [0.1, 0.15) is 121 Å². The zero-order valence-electron chi connectivity index (χ0n) is 18.7. The number of hydrogen-bond donors (Lipinski definition) is 0. The maximum absolute atomic E-state index is 5.79. The number of ether oxygens (including phenoxy) is 1. The van der Waals surface area contributed by atoms with Gasteiger partial charge in [-0.25, -0.2) is 0 Å². The van der Waals surface area contributed by atoms with Gasteiger partial charge in [-0.2, -0.15) is 0 Å². The highest BCUT2D eigenvalue weighted by molar-refractivity contribution is 5.47. The molecule has 160 valence electrons. The molecule has 28 heavy (non-hydrogen) atoms. The molecule has 0 aromatic heterocycles. The number of benzene rings is 1. The summed E-state index contributed by atoms with van der Waals surface area (Å²) in [7, 11) is 0. The van der Waals surface area contributed by atoms with Crippen LogP contribution in [0.2, 0.25) is 0 Å². The number of hydrogen-bond acceptors (Lipinski definition) is 1. The minimum atomic E-state index is 0.732. The molecule has 0 aliphatic heterocycles. The molecule has 1 heteroatoms. The Hall–Kier alpha value is -1.08. The fourth-order valence-corrected chi connectivity index (χ4v) is 3.69. The first-order chi connectivity index (χ1) is 13.9. The van der Waals surface area contributed by atoms with Crippen LogP contribution in [0.3, 0.4) is 0 Å². The average molecular weight is 387 g/mol. The van der Waals surface area contributed by atoms with Gasteiger partial charge >= 0.3 is 0 Å². The Kier molecular flexibility index (Phi) is 17.2. The summed E-state index contributed by atoms with van der Waals surface area (Å²) in [6.07, 6.45) is 24.5. The highest BCUT2D eigenvalue weighted by atomic mass is 16.5. The van der Waals surface area contributed by atoms with Gasteiger partial charge in [-0.3, -0.25) is 0 Å². The third kappa shape index (κ3) is 14.9. The standard InChI is InChI=1S/C27H46O/c1-3-5-6-7-8-9-10-11-12-13-14-15-16-17-18-19-24-28-25-27-22-20-26(4-2)21-23-27/h4,20-23H,2-3,5-19,24-25H2,1H3. The Morgan fingerprint density at radius 2 is 1.07 bits per heavy atom. The van der Waals surface area contributed by atoms with Crippen LogP contribution >= 0.6 is 0 Å². The maximum atomic E-state index is 5.79. The molecule has 0 radical (unpaired) electrons. The van der Waals surface area contributed by atoms with E-state index in [1.54, 1.807) is 0 Å². The molecule has 0 unspecified atom stereocenters. The Morgan fingerprint density at radius 3 is 1.50 bits per heavy atom. The molecule has 0 amide bonds. The molecule has 0 bridgehead atoms. The van der Waals surface area contributed by atoms with Crippen LogP contribution in [-0.4, -0.2) is 6.61 Å². The lowest BCUT2D eigenvalue weighted by atomic mass is 10.0. The van der Waals surface area contributed by atoms with Gasteiger partial charge in [0.25, 0.3) is 0 Å². The summed E-state index contributed by atoms with van der Waals surface area (Å²) in [5.41, 5.74) is 2.42. The molecule has 0 saturated heterocycles. The van der Waals surface area contributed by atoms with E-state index in [4.69, 9.17) is 4.74 Å². The van der Waals surface area contributed by atoms with Crippen LogP contribution in [0, 0.1) is 0 Å². The molecular weight excluding hydrogens is 340 g/mol. The summed E-state index contributed by atoms with van der Waals surface area (Å²) in [6, 6.07) is 8.45. The maximum Gasteiger partial charge on any atom is 0.0716 e. The van der Waals surface area contributed by atoms with Crippen LogP contribution in [-0.2, 0) is 11.3 Å². The molecule has 1 nitrogen and oxygen atoms in total. The van der Waals surface area contributed by atoms with Crippen molar-refractivity contribution in [1.29, 1.82) is 0 Å². The van der Waals surface area contributed by atoms with Gasteiger partial charge in [0.15, 0.2) is 0 Å². The molecule has 1 rings (SSSR count). The Labute approximate surface area is 176 Å². The van der Waals surface area contributed by atoms with Crippen LogP contribution in [0.5, 0.6) is 0 Å². The fourth-order valence-electron chi connectivity index (χ4n) is 3.69. The van der Waals surface area contributed by atoms with Gasteiger partial charge < -0.3 is 4.74 Å². The van der Waals surface area contributed by atoms with Crippen molar-refractivity contribution in [2.75, 3.05) is 6.61 Å². The van der Waals surface area contributed by atoms with E-state index in [1.807, 2.05) is 6.08 Å². The molecule has 1 aromatic rings. The highest BCUT2D eigenvalue weighted by Gasteiger charge is 1.96. The molecule has 0 atom stereocenters. The van der Waals surface area contributed by atoms with E-state index in [-0.39, 0.29) is 0 Å². The summed E-state index contributed by atoms with van der Waals surface area (Å²) in [5.74, 6) is 0. The van der Waals surface area contributed by atoms with Gasteiger partial charge in [0.2, 0.25) is 0 Å². The van der Waals surface area contributed by atoms with Crippen molar-refractivity contribution in [2.24, 2.45) is 0 Å². The second-order valence-corrected chi connectivity index (χ2v) is 8.30. The van der Waals surface area contributed by atoms with Gasteiger partial charge in [0, 0.05) is 6.61 Å². The zero-order chi connectivity index (χ0) is 20.1. The molecule has 0 saturated carbocycles. The molecule has 0 aliphatic carbocycles. The predicted octanol–water partition coefficient (Wildman–Crippen LogP) is 9.11. The normalized spacial score (nSPS) is 11.0. The summed E-state index contributed by atoms with van der Waals surface area (Å²) in [4.78, 5) is 0. The smallest absolute Gasteiger partial charge is 0.0716 e. The highest BCUT2D eigenvalue weighted by Crippen LogP contribution is 2.14. The average Bonchev–Trinajstić information content (AvgIpc) is 2.73. The first-order valence-electron chi connectivity index (χ1n) is 12.2. The van der Waals surface area contributed by atoms with E-state index >= 15 is 0 Å². The van der Waals surface area contributed by atoms with E-state index in [9.17, 15) is 0 Å². The van der Waals surface area contributed by atoms with Crippen molar-refractivity contribution in [2.45, 2.75) is 116 Å². The predicted molar refractivity (Wildman–Crippen MR) is 126 cm³/mol. The van der Waals surface area contributed by atoms with E-state index in [2.05, 4.69) is 37.8 Å². The van der Waals surface area contributed by atoms with Gasteiger partial charge in [-0.15, -0.1) is 0 Å². The Balaban J connectivity index is 1.74. The van der Waals surface area contributed by atoms with Gasteiger partial charge in [0.1, 0.15) is 0 Å². The minimum Gasteiger partial charge on any atom is -0.377 e. The first kappa shape index (κ1) is 25.0. The van der Waals surface area contributed by atoms with E-state index in [0.717, 1.165) is 13.2 Å². The molecule has 1 aromatic carbocycles. The van der Waals surface area contributed by atoms with Crippen molar-refractivity contribution in [1.82, 2.24) is 0 Å². The van der Waals surface area contributed by atoms with Crippen molar-refractivity contribution in [3.05, 3.63) is 42.0 Å². The lowest BCUT2D eigenvalue weighted by molar-refractivity contribution is 0.116. The van der Waals surface area contributed by atoms with Crippen LogP contribution in [0.15, 0.2) is 30.8 Å². The van der Waals surface area contributed by atoms with E-state index in [0.29, 0.717) is 0 Å². The third-order valence-corrected chi connectivity index (χ3v) is 5.63. The van der Waals surface area contributed by atoms with Crippen molar-refractivity contribution >= 4 is 6.08 Å². The number of unbranched alkanes of at least 4 members (excludes halogenated alkanes) is 15. The van der Waals surface area contributed by atoms with Gasteiger partial charge in [0.05, 0.1) is 6.61 Å². The molecule has 0 aliphatic rings. The second-order valence-electron chi connectivity index (χ2n) is 8.30. The topological polar surface area (TPSA) is 9.23 Å². The fraction of sp³-hybridized carbons (Fsp3) is 0.704. The van der Waals surface area contributed by atoms with E-state index < -0.39 is 0 Å². The first-order valence-corrected chi connectivity index (χ1v) is 12.2. The van der Waals surface area contributed by atoms with Crippen LogP contribution < -0.4 is 0 Å².